The summed E-state index contributed by atoms with van der Waals surface area (Å²) in [5, 5.41) is 3.42. The molecular weight excluding hydrogens is 252 g/mol. The fraction of sp³-hybridized carbons (Fsp3) is 0.571. The smallest absolute Gasteiger partial charge is 0.130 e. The van der Waals surface area contributed by atoms with Gasteiger partial charge >= 0.3 is 0 Å². The Morgan fingerprint density at radius 1 is 1.39 bits per heavy atom. The SMILES string of the molecule is CCCNC1c2cc(F)cc(F)c2CSCC1C. The summed E-state index contributed by atoms with van der Waals surface area (Å²) in [6.07, 6.45) is 1.02. The number of thioether (sulfide) groups is 1. The summed E-state index contributed by atoms with van der Waals surface area (Å²) >= 11 is 1.72. The van der Waals surface area contributed by atoms with E-state index in [1.54, 1.807) is 11.8 Å². The third-order valence-electron chi connectivity index (χ3n) is 3.34. The highest BCUT2D eigenvalue weighted by Gasteiger charge is 2.27. The highest BCUT2D eigenvalue weighted by Crippen LogP contribution is 2.36. The van der Waals surface area contributed by atoms with E-state index in [4.69, 9.17) is 0 Å². The van der Waals surface area contributed by atoms with Crippen LogP contribution < -0.4 is 5.32 Å². The molecule has 0 fully saturated rings. The summed E-state index contributed by atoms with van der Waals surface area (Å²) < 4.78 is 27.3. The number of hydrogen-bond donors (Lipinski definition) is 1. The van der Waals surface area contributed by atoms with Gasteiger partial charge in [-0.15, -0.1) is 0 Å². The van der Waals surface area contributed by atoms with Crippen LogP contribution in [0, 0.1) is 17.6 Å². The van der Waals surface area contributed by atoms with Crippen LogP contribution in [0.25, 0.3) is 0 Å². The Hall–Kier alpha value is -0.610. The van der Waals surface area contributed by atoms with Crippen molar-refractivity contribution in [2.75, 3.05) is 12.3 Å². The molecule has 1 aromatic carbocycles. The number of halogens is 2. The predicted octanol–water partition coefficient (Wildman–Crippen LogP) is 3.89. The third-order valence-corrected chi connectivity index (χ3v) is 4.59. The Morgan fingerprint density at radius 2 is 2.17 bits per heavy atom. The van der Waals surface area contributed by atoms with Gasteiger partial charge in [-0.05, 0) is 36.3 Å². The molecule has 0 saturated carbocycles. The van der Waals surface area contributed by atoms with Crippen molar-refractivity contribution in [2.24, 2.45) is 5.92 Å². The Bertz CT molecular complexity index is 423. The molecule has 1 aliphatic rings. The molecule has 1 heterocycles. The highest BCUT2D eigenvalue weighted by atomic mass is 32.2. The maximum absolute atomic E-state index is 13.9. The van der Waals surface area contributed by atoms with E-state index < -0.39 is 11.6 Å². The summed E-state index contributed by atoms with van der Waals surface area (Å²) in [7, 11) is 0. The molecule has 1 N–H and O–H groups in total. The first-order valence-electron chi connectivity index (χ1n) is 6.42. The van der Waals surface area contributed by atoms with Gasteiger partial charge in [-0.25, -0.2) is 8.78 Å². The monoisotopic (exact) mass is 271 g/mol. The topological polar surface area (TPSA) is 12.0 Å². The molecule has 2 unspecified atom stereocenters. The lowest BCUT2D eigenvalue weighted by molar-refractivity contribution is 0.414. The van der Waals surface area contributed by atoms with Crippen LogP contribution >= 0.6 is 11.8 Å². The molecule has 1 nitrogen and oxygen atoms in total. The van der Waals surface area contributed by atoms with Crippen LogP contribution in [0.15, 0.2) is 12.1 Å². The molecule has 18 heavy (non-hydrogen) atoms. The predicted molar refractivity (Wildman–Crippen MR) is 72.7 cm³/mol. The van der Waals surface area contributed by atoms with Crippen LogP contribution in [0.2, 0.25) is 0 Å². The van der Waals surface area contributed by atoms with Crippen molar-refractivity contribution in [3.8, 4) is 0 Å². The second kappa shape index (κ2) is 6.02. The van der Waals surface area contributed by atoms with Gasteiger partial charge in [-0.3, -0.25) is 0 Å². The fourth-order valence-electron chi connectivity index (χ4n) is 2.41. The molecule has 0 saturated heterocycles. The molecule has 0 bridgehead atoms. The van der Waals surface area contributed by atoms with E-state index in [1.165, 1.54) is 6.07 Å². The maximum Gasteiger partial charge on any atom is 0.130 e. The first-order chi connectivity index (χ1) is 8.63. The zero-order valence-electron chi connectivity index (χ0n) is 10.8. The molecule has 1 aliphatic heterocycles. The van der Waals surface area contributed by atoms with Crippen molar-refractivity contribution >= 4 is 11.8 Å². The van der Waals surface area contributed by atoms with Gasteiger partial charge in [0.15, 0.2) is 0 Å². The highest BCUT2D eigenvalue weighted by molar-refractivity contribution is 7.98. The molecule has 0 amide bonds. The Labute approximate surface area is 111 Å². The van der Waals surface area contributed by atoms with E-state index in [1.807, 2.05) is 0 Å². The summed E-state index contributed by atoms with van der Waals surface area (Å²) in [6, 6.07) is 2.54. The average Bonchev–Trinajstić information content (AvgIpc) is 2.46. The number of hydrogen-bond acceptors (Lipinski definition) is 2. The molecule has 0 aliphatic carbocycles. The second-order valence-electron chi connectivity index (χ2n) is 4.88. The minimum absolute atomic E-state index is 0.0557. The summed E-state index contributed by atoms with van der Waals surface area (Å²) in [5.41, 5.74) is 1.47. The van der Waals surface area contributed by atoms with E-state index in [0.29, 0.717) is 17.2 Å². The number of fused-ring (bicyclic) bond motifs is 1. The van der Waals surface area contributed by atoms with E-state index in [0.717, 1.165) is 30.3 Å². The van der Waals surface area contributed by atoms with Gasteiger partial charge < -0.3 is 5.32 Å². The molecule has 2 atom stereocenters. The molecule has 2 rings (SSSR count). The second-order valence-corrected chi connectivity index (χ2v) is 5.91. The number of benzene rings is 1. The van der Waals surface area contributed by atoms with Crippen LogP contribution in [0.1, 0.15) is 37.4 Å². The summed E-state index contributed by atoms with van der Waals surface area (Å²) in [4.78, 5) is 0. The van der Waals surface area contributed by atoms with Crippen LogP contribution in [-0.2, 0) is 5.75 Å². The van der Waals surface area contributed by atoms with E-state index >= 15 is 0 Å². The van der Waals surface area contributed by atoms with Gasteiger partial charge in [-0.1, -0.05) is 13.8 Å². The molecule has 1 aromatic rings. The van der Waals surface area contributed by atoms with Gasteiger partial charge in [0.25, 0.3) is 0 Å². The number of rotatable bonds is 3. The summed E-state index contributed by atoms with van der Waals surface area (Å²) in [6.45, 7) is 5.10. The van der Waals surface area contributed by atoms with Crippen LogP contribution in [0.5, 0.6) is 0 Å². The first kappa shape index (κ1) is 13.8. The molecule has 0 aromatic heterocycles. The Morgan fingerprint density at radius 3 is 2.89 bits per heavy atom. The van der Waals surface area contributed by atoms with E-state index in [9.17, 15) is 8.78 Å². The summed E-state index contributed by atoms with van der Waals surface area (Å²) in [5.74, 6) is 1.10. The standard InChI is InChI=1S/C14H19F2NS/c1-3-4-17-14-9(2)7-18-8-12-11(14)5-10(15)6-13(12)16/h5-6,9,14,17H,3-4,7-8H2,1-2H3. The van der Waals surface area contributed by atoms with Crippen molar-refractivity contribution in [3.05, 3.63) is 34.9 Å². The van der Waals surface area contributed by atoms with Gasteiger partial charge in [-0.2, -0.15) is 11.8 Å². The van der Waals surface area contributed by atoms with Crippen molar-refractivity contribution in [1.29, 1.82) is 0 Å². The van der Waals surface area contributed by atoms with Crippen LogP contribution in [-0.4, -0.2) is 12.3 Å². The van der Waals surface area contributed by atoms with E-state index in [2.05, 4.69) is 19.2 Å². The van der Waals surface area contributed by atoms with Crippen molar-refractivity contribution < 1.29 is 8.78 Å². The van der Waals surface area contributed by atoms with Crippen molar-refractivity contribution in [2.45, 2.75) is 32.1 Å². The first-order valence-corrected chi connectivity index (χ1v) is 7.58. The molecular formula is C14H19F2NS. The van der Waals surface area contributed by atoms with Crippen molar-refractivity contribution in [1.82, 2.24) is 5.32 Å². The van der Waals surface area contributed by atoms with Gasteiger partial charge in [0.1, 0.15) is 11.6 Å². The lowest BCUT2D eigenvalue weighted by Crippen LogP contribution is -2.29. The maximum atomic E-state index is 13.9. The zero-order valence-corrected chi connectivity index (χ0v) is 11.6. The van der Waals surface area contributed by atoms with Crippen LogP contribution in [0.4, 0.5) is 8.78 Å². The lowest BCUT2D eigenvalue weighted by atomic mass is 9.92. The molecule has 100 valence electrons. The largest absolute Gasteiger partial charge is 0.310 e. The minimum Gasteiger partial charge on any atom is -0.310 e. The quantitative estimate of drug-likeness (QED) is 0.895. The van der Waals surface area contributed by atoms with Gasteiger partial charge in [0, 0.05) is 23.4 Å². The van der Waals surface area contributed by atoms with E-state index in [-0.39, 0.29) is 6.04 Å². The molecule has 0 spiro atoms. The minimum atomic E-state index is -0.478. The van der Waals surface area contributed by atoms with Gasteiger partial charge in [0.05, 0.1) is 0 Å². The van der Waals surface area contributed by atoms with Crippen LogP contribution in [0.3, 0.4) is 0 Å². The Kier molecular flexibility index (Phi) is 4.62. The third kappa shape index (κ3) is 2.86. The zero-order chi connectivity index (χ0) is 13.1. The van der Waals surface area contributed by atoms with Crippen molar-refractivity contribution in [3.63, 3.8) is 0 Å². The normalized spacial score (nSPS) is 23.6. The molecule has 4 heteroatoms. The average molecular weight is 271 g/mol. The number of nitrogens with one attached hydrogen (secondary N) is 1. The lowest BCUT2D eigenvalue weighted by Gasteiger charge is -2.24. The fourth-order valence-corrected chi connectivity index (χ4v) is 3.60. The Balaban J connectivity index is 2.40. The van der Waals surface area contributed by atoms with Gasteiger partial charge in [0.2, 0.25) is 0 Å². The molecule has 0 radical (unpaired) electrons.